The molecule has 2 atom stereocenters. The molecule has 18 heavy (non-hydrogen) atoms. The summed E-state index contributed by atoms with van der Waals surface area (Å²) in [5.41, 5.74) is -1.64. The van der Waals surface area contributed by atoms with Crippen LogP contribution in [0.4, 0.5) is 0 Å². The van der Waals surface area contributed by atoms with Crippen LogP contribution >= 0.6 is 15.9 Å². The molecule has 1 rings (SSSR count). The van der Waals surface area contributed by atoms with Gasteiger partial charge in [0.25, 0.3) is 5.72 Å². The van der Waals surface area contributed by atoms with Crippen LogP contribution in [0.2, 0.25) is 0 Å². The second-order valence-corrected chi connectivity index (χ2v) is 4.85. The van der Waals surface area contributed by atoms with Crippen molar-refractivity contribution in [1.82, 2.24) is 5.32 Å². The molecular formula is C11H13BrN2O4. The number of nitrogens with one attached hydrogen (secondary N) is 1. The van der Waals surface area contributed by atoms with E-state index in [9.17, 15) is 9.59 Å². The molecule has 1 amide bonds. The fraction of sp³-hybridized carbons (Fsp3) is 0.545. The molecule has 0 aromatic heterocycles. The van der Waals surface area contributed by atoms with E-state index in [1.165, 1.54) is 14.0 Å². The Kier molecular flexibility index (Phi) is 4.35. The van der Waals surface area contributed by atoms with E-state index in [2.05, 4.69) is 26.0 Å². The second kappa shape index (κ2) is 5.40. The molecule has 0 bridgehead atoms. The molecule has 6 nitrogen and oxygen atoms in total. The van der Waals surface area contributed by atoms with Crippen LogP contribution in [0.1, 0.15) is 20.3 Å². The molecule has 0 spiro atoms. The molecule has 0 fully saturated rings. The minimum absolute atomic E-state index is 0.0344. The maximum Gasteiger partial charge on any atom is 0.372 e. The number of ether oxygens (including phenoxy) is 2. The van der Waals surface area contributed by atoms with Crippen LogP contribution in [-0.2, 0) is 19.1 Å². The highest BCUT2D eigenvalue weighted by atomic mass is 79.9. The lowest BCUT2D eigenvalue weighted by Crippen LogP contribution is -2.58. The van der Waals surface area contributed by atoms with Gasteiger partial charge in [-0.15, -0.1) is 0 Å². The Hall–Kier alpha value is -1.55. The standard InChI is InChI=1S/C11H13BrN2O4/c1-6-4-11(10(16)17-3,14-7(2)15)18-8(5-13)9(6)12/h6H,4H2,1-3H3,(H,14,15)/t6-,11+/m0/s1. The number of esters is 1. The molecule has 1 aliphatic heterocycles. The van der Waals surface area contributed by atoms with Crippen LogP contribution in [0.5, 0.6) is 0 Å². The summed E-state index contributed by atoms with van der Waals surface area (Å²) in [6.07, 6.45) is 0.186. The van der Waals surface area contributed by atoms with E-state index in [4.69, 9.17) is 10.00 Å². The minimum Gasteiger partial charge on any atom is -0.465 e. The van der Waals surface area contributed by atoms with Crippen LogP contribution in [-0.4, -0.2) is 24.7 Å². The van der Waals surface area contributed by atoms with Gasteiger partial charge in [-0.1, -0.05) is 22.9 Å². The van der Waals surface area contributed by atoms with Gasteiger partial charge in [-0.2, -0.15) is 5.26 Å². The predicted molar refractivity (Wildman–Crippen MR) is 65.0 cm³/mol. The number of rotatable bonds is 2. The van der Waals surface area contributed by atoms with E-state index in [1.807, 2.05) is 13.0 Å². The van der Waals surface area contributed by atoms with Crippen LogP contribution in [0.15, 0.2) is 10.2 Å². The topological polar surface area (TPSA) is 88.4 Å². The van der Waals surface area contributed by atoms with Crippen LogP contribution < -0.4 is 5.32 Å². The van der Waals surface area contributed by atoms with Crippen molar-refractivity contribution < 1.29 is 19.1 Å². The summed E-state index contributed by atoms with van der Waals surface area (Å²) in [7, 11) is 1.19. The van der Waals surface area contributed by atoms with Crippen LogP contribution in [0, 0.1) is 17.2 Å². The van der Waals surface area contributed by atoms with Crippen molar-refractivity contribution in [1.29, 1.82) is 5.26 Å². The molecule has 98 valence electrons. The highest BCUT2D eigenvalue weighted by molar-refractivity contribution is 9.11. The average Bonchev–Trinajstić information content (AvgIpc) is 2.31. The predicted octanol–water partition coefficient (Wildman–Crippen LogP) is 1.18. The van der Waals surface area contributed by atoms with Gasteiger partial charge in [-0.3, -0.25) is 4.79 Å². The third-order valence-electron chi connectivity index (χ3n) is 2.51. The quantitative estimate of drug-likeness (QED) is 0.773. The number of hydrogen-bond donors (Lipinski definition) is 1. The van der Waals surface area contributed by atoms with Crippen molar-refractivity contribution >= 4 is 27.8 Å². The Morgan fingerprint density at radius 3 is 2.72 bits per heavy atom. The third-order valence-corrected chi connectivity index (χ3v) is 3.66. The molecule has 0 saturated heterocycles. The summed E-state index contributed by atoms with van der Waals surface area (Å²) in [5.74, 6) is -1.37. The monoisotopic (exact) mass is 316 g/mol. The molecule has 0 radical (unpaired) electrons. The maximum atomic E-state index is 11.8. The zero-order valence-corrected chi connectivity index (χ0v) is 11.8. The van der Waals surface area contributed by atoms with Crippen molar-refractivity contribution in [3.63, 3.8) is 0 Å². The maximum absolute atomic E-state index is 11.8. The summed E-state index contributed by atoms with van der Waals surface area (Å²) in [5, 5.41) is 11.4. The Labute approximate surface area is 113 Å². The molecule has 1 N–H and O–H groups in total. The fourth-order valence-electron chi connectivity index (χ4n) is 1.79. The number of allylic oxidation sites excluding steroid dienone is 2. The Balaban J connectivity index is 3.20. The second-order valence-electron chi connectivity index (χ2n) is 4.00. The Morgan fingerprint density at radius 1 is 1.67 bits per heavy atom. The molecule has 7 heteroatoms. The number of amides is 1. The van der Waals surface area contributed by atoms with E-state index < -0.39 is 17.6 Å². The third kappa shape index (κ3) is 2.64. The summed E-state index contributed by atoms with van der Waals surface area (Å²) in [4.78, 5) is 23.0. The molecular weight excluding hydrogens is 304 g/mol. The smallest absolute Gasteiger partial charge is 0.372 e. The summed E-state index contributed by atoms with van der Waals surface area (Å²) >= 11 is 3.24. The highest BCUT2D eigenvalue weighted by Gasteiger charge is 2.48. The molecule has 0 aromatic carbocycles. The summed E-state index contributed by atoms with van der Waals surface area (Å²) < 4.78 is 10.5. The molecule has 0 unspecified atom stereocenters. The van der Waals surface area contributed by atoms with Gasteiger partial charge in [0.05, 0.1) is 11.6 Å². The van der Waals surface area contributed by atoms with Gasteiger partial charge in [-0.05, 0) is 5.92 Å². The van der Waals surface area contributed by atoms with Crippen molar-refractivity contribution in [3.8, 4) is 6.07 Å². The van der Waals surface area contributed by atoms with E-state index in [-0.39, 0.29) is 18.1 Å². The molecule has 0 aromatic rings. The number of methoxy groups -OCH3 is 1. The summed E-state index contributed by atoms with van der Waals surface area (Å²) in [6, 6.07) is 1.84. The minimum atomic E-state index is -1.64. The van der Waals surface area contributed by atoms with Crippen molar-refractivity contribution in [2.45, 2.75) is 26.0 Å². The number of nitrogens with zero attached hydrogens (tertiary/aromatic N) is 1. The van der Waals surface area contributed by atoms with Crippen molar-refractivity contribution in [2.75, 3.05) is 7.11 Å². The van der Waals surface area contributed by atoms with Gasteiger partial charge in [0, 0.05) is 13.3 Å². The first-order valence-electron chi connectivity index (χ1n) is 5.22. The van der Waals surface area contributed by atoms with Gasteiger partial charge < -0.3 is 14.8 Å². The van der Waals surface area contributed by atoms with E-state index in [0.717, 1.165) is 0 Å². The van der Waals surface area contributed by atoms with E-state index in [1.54, 1.807) is 0 Å². The first kappa shape index (κ1) is 14.5. The Morgan fingerprint density at radius 2 is 2.28 bits per heavy atom. The molecule has 1 aliphatic rings. The fourth-order valence-corrected chi connectivity index (χ4v) is 2.12. The molecule has 1 heterocycles. The Bertz CT molecular complexity index is 454. The number of nitriles is 1. The first-order chi connectivity index (χ1) is 8.36. The lowest BCUT2D eigenvalue weighted by atomic mass is 9.94. The van der Waals surface area contributed by atoms with Gasteiger partial charge in [0.15, 0.2) is 0 Å². The number of carbonyl (C=O) groups is 2. The molecule has 0 aliphatic carbocycles. The van der Waals surface area contributed by atoms with E-state index >= 15 is 0 Å². The van der Waals surface area contributed by atoms with Gasteiger partial charge in [-0.25, -0.2) is 4.79 Å². The molecule has 0 saturated carbocycles. The van der Waals surface area contributed by atoms with Gasteiger partial charge in [0.1, 0.15) is 6.07 Å². The lowest BCUT2D eigenvalue weighted by molar-refractivity contribution is -0.174. The van der Waals surface area contributed by atoms with Crippen molar-refractivity contribution in [2.24, 2.45) is 5.92 Å². The van der Waals surface area contributed by atoms with Gasteiger partial charge >= 0.3 is 5.97 Å². The van der Waals surface area contributed by atoms with Crippen LogP contribution in [0.3, 0.4) is 0 Å². The van der Waals surface area contributed by atoms with Crippen molar-refractivity contribution in [3.05, 3.63) is 10.2 Å². The SMILES string of the molecule is COC(=O)[C@@]1(NC(C)=O)C[C@H](C)C(Br)=C(C#N)O1. The zero-order chi connectivity index (χ0) is 13.9. The normalized spacial score (nSPS) is 26.9. The summed E-state index contributed by atoms with van der Waals surface area (Å²) in [6.45, 7) is 3.07. The number of hydrogen-bond acceptors (Lipinski definition) is 5. The van der Waals surface area contributed by atoms with E-state index in [0.29, 0.717) is 4.48 Å². The average molecular weight is 317 g/mol. The lowest BCUT2D eigenvalue weighted by Gasteiger charge is -2.37. The first-order valence-corrected chi connectivity index (χ1v) is 6.01. The number of carbonyl (C=O) groups excluding carboxylic acids is 2. The zero-order valence-electron chi connectivity index (χ0n) is 10.2. The largest absolute Gasteiger partial charge is 0.465 e. The number of halogens is 1. The van der Waals surface area contributed by atoms with Crippen LogP contribution in [0.25, 0.3) is 0 Å². The highest BCUT2D eigenvalue weighted by Crippen LogP contribution is 2.37. The van der Waals surface area contributed by atoms with Gasteiger partial charge in [0.2, 0.25) is 11.7 Å².